The van der Waals surface area contributed by atoms with E-state index in [1.807, 2.05) is 37.3 Å². The average Bonchev–Trinajstić information content (AvgIpc) is 2.47. The number of carbonyl (C=O) groups excluding carboxylic acids is 1. The minimum absolute atomic E-state index is 0.348. The second kappa shape index (κ2) is 7.09. The zero-order chi connectivity index (χ0) is 15.1. The molecule has 0 aliphatic carbocycles. The van der Waals surface area contributed by atoms with E-state index in [1.54, 1.807) is 31.6 Å². The van der Waals surface area contributed by atoms with Crippen LogP contribution in [0.2, 0.25) is 0 Å². The lowest BCUT2D eigenvalue weighted by Crippen LogP contribution is -2.24. The molecule has 0 atom stereocenters. The molecule has 2 aromatic rings. The van der Waals surface area contributed by atoms with Gasteiger partial charge in [0.25, 0.3) is 0 Å². The number of ether oxygens (including phenoxy) is 1. The minimum atomic E-state index is -0.348. The van der Waals surface area contributed by atoms with Crippen molar-refractivity contribution in [2.45, 2.75) is 6.92 Å². The van der Waals surface area contributed by atoms with Gasteiger partial charge in [0.05, 0.1) is 7.11 Å². The number of nitrogens with one attached hydrogen (secondary N) is 2. The monoisotopic (exact) mass is 283 g/mol. The first-order chi connectivity index (χ1) is 10.2. The Morgan fingerprint density at radius 1 is 1.29 bits per heavy atom. The molecule has 0 bridgehead atoms. The molecule has 5 heteroatoms. The molecule has 0 saturated heterocycles. The van der Waals surface area contributed by atoms with E-state index in [1.165, 1.54) is 0 Å². The fraction of sp³-hybridized carbons (Fsp3) is 0.125. The van der Waals surface area contributed by atoms with Gasteiger partial charge in [0.2, 0.25) is 0 Å². The molecular weight excluding hydrogens is 266 g/mol. The zero-order valence-corrected chi connectivity index (χ0v) is 12.0. The molecule has 2 N–H and O–H groups in total. The lowest BCUT2D eigenvalue weighted by Gasteiger charge is -2.05. The quantitative estimate of drug-likeness (QED) is 0.905. The van der Waals surface area contributed by atoms with Crippen molar-refractivity contribution in [3.8, 4) is 5.75 Å². The van der Waals surface area contributed by atoms with Crippen LogP contribution in [0.5, 0.6) is 5.75 Å². The molecule has 21 heavy (non-hydrogen) atoms. The number of nitrogens with zero attached hydrogens (tertiary/aromatic N) is 1. The van der Waals surface area contributed by atoms with Crippen LogP contribution in [-0.2, 0) is 0 Å². The number of rotatable bonds is 4. The van der Waals surface area contributed by atoms with Crippen LogP contribution < -0.4 is 15.4 Å². The summed E-state index contributed by atoms with van der Waals surface area (Å²) in [6.07, 6.45) is 4.97. The molecule has 0 aliphatic rings. The molecule has 108 valence electrons. The molecule has 0 fully saturated rings. The maximum atomic E-state index is 11.7. The molecule has 2 rings (SSSR count). The Labute approximate surface area is 123 Å². The highest BCUT2D eigenvalue weighted by atomic mass is 16.5. The molecule has 1 aromatic heterocycles. The number of aromatic nitrogens is 1. The second-order valence-corrected chi connectivity index (χ2v) is 4.39. The van der Waals surface area contributed by atoms with Crippen molar-refractivity contribution in [1.82, 2.24) is 10.3 Å². The Morgan fingerprint density at radius 2 is 2.10 bits per heavy atom. The average molecular weight is 283 g/mol. The van der Waals surface area contributed by atoms with Crippen LogP contribution in [0, 0.1) is 6.92 Å². The summed E-state index contributed by atoms with van der Waals surface area (Å²) in [4.78, 5) is 15.8. The van der Waals surface area contributed by atoms with E-state index >= 15 is 0 Å². The van der Waals surface area contributed by atoms with Gasteiger partial charge < -0.3 is 10.1 Å². The van der Waals surface area contributed by atoms with E-state index in [4.69, 9.17) is 4.74 Å². The number of aryl methyl sites for hydroxylation is 1. The SMILES string of the molecule is COc1ccccc1/C=C/NC(=O)Nc1cc(C)ccn1. The van der Waals surface area contributed by atoms with E-state index < -0.39 is 0 Å². The van der Waals surface area contributed by atoms with Crippen LogP contribution >= 0.6 is 0 Å². The molecule has 0 unspecified atom stereocenters. The van der Waals surface area contributed by atoms with Gasteiger partial charge in [-0.15, -0.1) is 0 Å². The van der Waals surface area contributed by atoms with Gasteiger partial charge in [0, 0.05) is 18.0 Å². The van der Waals surface area contributed by atoms with Gasteiger partial charge in [-0.3, -0.25) is 5.32 Å². The van der Waals surface area contributed by atoms with Gasteiger partial charge in [0.15, 0.2) is 0 Å². The molecular formula is C16H17N3O2. The van der Waals surface area contributed by atoms with E-state index in [0.29, 0.717) is 5.82 Å². The van der Waals surface area contributed by atoms with Crippen LogP contribution in [0.3, 0.4) is 0 Å². The largest absolute Gasteiger partial charge is 0.496 e. The zero-order valence-electron chi connectivity index (χ0n) is 12.0. The molecule has 2 amide bonds. The van der Waals surface area contributed by atoms with Crippen molar-refractivity contribution in [2.24, 2.45) is 0 Å². The third kappa shape index (κ3) is 4.35. The summed E-state index contributed by atoms with van der Waals surface area (Å²) in [7, 11) is 1.61. The van der Waals surface area contributed by atoms with Gasteiger partial charge in [-0.2, -0.15) is 0 Å². The van der Waals surface area contributed by atoms with E-state index in [-0.39, 0.29) is 6.03 Å². The van der Waals surface area contributed by atoms with Crippen LogP contribution in [0.1, 0.15) is 11.1 Å². The first kappa shape index (κ1) is 14.6. The fourth-order valence-electron chi connectivity index (χ4n) is 1.77. The number of para-hydroxylation sites is 1. The van der Waals surface area contributed by atoms with Gasteiger partial charge in [-0.1, -0.05) is 18.2 Å². The Bertz CT molecular complexity index is 653. The van der Waals surface area contributed by atoms with E-state index in [2.05, 4.69) is 15.6 Å². The number of benzene rings is 1. The number of anilines is 1. The fourth-order valence-corrected chi connectivity index (χ4v) is 1.77. The smallest absolute Gasteiger partial charge is 0.324 e. The molecule has 5 nitrogen and oxygen atoms in total. The van der Waals surface area contributed by atoms with Crippen molar-refractivity contribution >= 4 is 17.9 Å². The summed E-state index contributed by atoms with van der Waals surface area (Å²) in [5.41, 5.74) is 1.92. The number of urea groups is 1. The van der Waals surface area contributed by atoms with Crippen LogP contribution in [0.4, 0.5) is 10.6 Å². The van der Waals surface area contributed by atoms with Crippen LogP contribution in [0.15, 0.2) is 48.8 Å². The minimum Gasteiger partial charge on any atom is -0.496 e. The molecule has 0 radical (unpaired) electrons. The van der Waals surface area contributed by atoms with Crippen molar-refractivity contribution in [3.05, 3.63) is 59.9 Å². The second-order valence-electron chi connectivity index (χ2n) is 4.39. The molecule has 0 spiro atoms. The summed E-state index contributed by atoms with van der Waals surface area (Å²) in [5, 5.41) is 5.28. The maximum Gasteiger partial charge on any atom is 0.324 e. The van der Waals surface area contributed by atoms with Gasteiger partial charge >= 0.3 is 6.03 Å². The Morgan fingerprint density at radius 3 is 2.86 bits per heavy atom. The normalized spacial score (nSPS) is 10.4. The summed E-state index contributed by atoms with van der Waals surface area (Å²) >= 11 is 0. The molecule has 0 aliphatic heterocycles. The standard InChI is InChI=1S/C16H17N3O2/c1-12-7-9-17-15(11-12)19-16(20)18-10-8-13-5-3-4-6-14(13)21-2/h3-11H,1-2H3,(H2,17,18,19,20)/b10-8+. The first-order valence-electron chi connectivity index (χ1n) is 6.49. The number of hydrogen-bond acceptors (Lipinski definition) is 3. The van der Waals surface area contributed by atoms with Crippen LogP contribution in [0.25, 0.3) is 6.08 Å². The third-order valence-corrected chi connectivity index (χ3v) is 2.77. The van der Waals surface area contributed by atoms with E-state index in [9.17, 15) is 4.79 Å². The summed E-state index contributed by atoms with van der Waals surface area (Å²) in [5.74, 6) is 1.26. The van der Waals surface area contributed by atoms with Crippen molar-refractivity contribution < 1.29 is 9.53 Å². The summed E-state index contributed by atoms with van der Waals surface area (Å²) < 4.78 is 5.22. The Hall–Kier alpha value is -2.82. The Balaban J connectivity index is 1.93. The van der Waals surface area contributed by atoms with Crippen molar-refractivity contribution in [1.29, 1.82) is 0 Å². The molecule has 1 aromatic carbocycles. The molecule has 1 heterocycles. The number of methoxy groups -OCH3 is 1. The first-order valence-corrected chi connectivity index (χ1v) is 6.49. The number of hydrogen-bond donors (Lipinski definition) is 2. The number of pyridine rings is 1. The van der Waals surface area contributed by atoms with Gasteiger partial charge in [-0.25, -0.2) is 9.78 Å². The Kier molecular flexibility index (Phi) is 4.93. The van der Waals surface area contributed by atoms with E-state index in [0.717, 1.165) is 16.9 Å². The van der Waals surface area contributed by atoms with Crippen LogP contribution in [-0.4, -0.2) is 18.1 Å². The lowest BCUT2D eigenvalue weighted by atomic mass is 10.2. The molecule has 0 saturated carbocycles. The third-order valence-electron chi connectivity index (χ3n) is 2.77. The predicted molar refractivity (Wildman–Crippen MR) is 83.2 cm³/mol. The van der Waals surface area contributed by atoms with Gasteiger partial charge in [0.1, 0.15) is 11.6 Å². The van der Waals surface area contributed by atoms with Crippen molar-refractivity contribution in [2.75, 3.05) is 12.4 Å². The van der Waals surface area contributed by atoms with Gasteiger partial charge in [-0.05, 0) is 36.8 Å². The maximum absolute atomic E-state index is 11.7. The summed E-state index contributed by atoms with van der Waals surface area (Å²) in [6, 6.07) is 10.9. The highest BCUT2D eigenvalue weighted by Crippen LogP contribution is 2.18. The number of carbonyl (C=O) groups is 1. The lowest BCUT2D eigenvalue weighted by molar-refractivity contribution is 0.255. The number of amides is 2. The predicted octanol–water partition coefficient (Wildman–Crippen LogP) is 3.19. The summed E-state index contributed by atoms with van der Waals surface area (Å²) in [6.45, 7) is 1.94. The highest BCUT2D eigenvalue weighted by molar-refractivity contribution is 5.89. The topological polar surface area (TPSA) is 63.2 Å². The highest BCUT2D eigenvalue weighted by Gasteiger charge is 2.01. The van der Waals surface area contributed by atoms with Crippen molar-refractivity contribution in [3.63, 3.8) is 0 Å².